The van der Waals surface area contributed by atoms with Crippen LogP contribution in [-0.2, 0) is 9.59 Å². The van der Waals surface area contributed by atoms with Gasteiger partial charge >= 0.3 is 0 Å². The number of halogens is 1. The van der Waals surface area contributed by atoms with Crippen molar-refractivity contribution >= 4 is 57.8 Å². The second kappa shape index (κ2) is 9.90. The van der Waals surface area contributed by atoms with E-state index in [0.717, 1.165) is 31.4 Å². The molecule has 1 unspecified atom stereocenters. The largest absolute Gasteiger partial charge is 0.340 e. The van der Waals surface area contributed by atoms with Crippen molar-refractivity contribution < 1.29 is 9.59 Å². The fraction of sp³-hybridized carbons (Fsp3) is 0.476. The molecule has 2 heterocycles. The van der Waals surface area contributed by atoms with Crippen LogP contribution in [0.25, 0.3) is 6.08 Å². The number of thiocarbonyl (C=S) groups is 1. The predicted octanol–water partition coefficient (Wildman–Crippen LogP) is 5.11. The average Bonchev–Trinajstić information content (AvgIpc) is 2.97. The van der Waals surface area contributed by atoms with E-state index >= 15 is 0 Å². The Morgan fingerprint density at radius 2 is 2.14 bits per heavy atom. The van der Waals surface area contributed by atoms with Gasteiger partial charge in [-0.15, -0.1) is 0 Å². The van der Waals surface area contributed by atoms with Crippen LogP contribution in [0.1, 0.15) is 51.0 Å². The maximum atomic E-state index is 12.7. The summed E-state index contributed by atoms with van der Waals surface area (Å²) in [6.45, 7) is 3.47. The molecule has 1 atom stereocenters. The molecular formula is C21H25ClN2O2S2. The summed E-state index contributed by atoms with van der Waals surface area (Å²) in [5.41, 5.74) is 0.801. The van der Waals surface area contributed by atoms with E-state index in [1.807, 2.05) is 23.1 Å². The maximum Gasteiger partial charge on any atom is 0.266 e. The normalized spacial score (nSPS) is 21.6. The van der Waals surface area contributed by atoms with E-state index in [4.69, 9.17) is 23.8 Å². The van der Waals surface area contributed by atoms with E-state index in [-0.39, 0.29) is 11.8 Å². The highest BCUT2D eigenvalue weighted by atomic mass is 35.5. The Labute approximate surface area is 181 Å². The Morgan fingerprint density at radius 1 is 1.36 bits per heavy atom. The van der Waals surface area contributed by atoms with Crippen molar-refractivity contribution in [3.05, 3.63) is 39.8 Å². The van der Waals surface area contributed by atoms with Gasteiger partial charge in [-0.2, -0.15) is 0 Å². The topological polar surface area (TPSA) is 40.6 Å². The number of carbonyl (C=O) groups is 2. The zero-order chi connectivity index (χ0) is 20.1. The van der Waals surface area contributed by atoms with Gasteiger partial charge in [0.2, 0.25) is 5.91 Å². The molecule has 2 fully saturated rings. The second-order valence-corrected chi connectivity index (χ2v) is 9.19. The molecule has 0 bridgehead atoms. The predicted molar refractivity (Wildman–Crippen MR) is 120 cm³/mol. The number of benzene rings is 1. The standard InChI is InChI=1S/C21H25ClN2O2S2/c1-2-16-9-5-6-12-23(16)19(25)11-7-13-24-20(26)18(28-21(24)27)14-15-8-3-4-10-17(15)22/h3-4,8,10,14,16H,2,5-7,9,11-13H2,1H3/b18-14-. The van der Waals surface area contributed by atoms with E-state index in [1.165, 1.54) is 18.2 Å². The molecular weight excluding hydrogens is 412 g/mol. The third-order valence-electron chi connectivity index (χ3n) is 5.26. The molecule has 4 nitrogen and oxygen atoms in total. The molecule has 2 aliphatic heterocycles. The summed E-state index contributed by atoms with van der Waals surface area (Å²) < 4.78 is 0.542. The van der Waals surface area contributed by atoms with Crippen molar-refractivity contribution in [1.82, 2.24) is 9.80 Å². The first-order valence-corrected chi connectivity index (χ1v) is 11.4. The van der Waals surface area contributed by atoms with Crippen LogP contribution in [-0.4, -0.2) is 45.1 Å². The van der Waals surface area contributed by atoms with Crippen molar-refractivity contribution in [3.63, 3.8) is 0 Å². The van der Waals surface area contributed by atoms with E-state index in [1.54, 1.807) is 17.0 Å². The minimum absolute atomic E-state index is 0.105. The summed E-state index contributed by atoms with van der Waals surface area (Å²) in [6, 6.07) is 7.78. The lowest BCUT2D eigenvalue weighted by Gasteiger charge is -2.35. The van der Waals surface area contributed by atoms with Gasteiger partial charge in [0.05, 0.1) is 4.91 Å². The minimum Gasteiger partial charge on any atom is -0.340 e. The zero-order valence-corrected chi connectivity index (χ0v) is 18.4. The highest BCUT2D eigenvalue weighted by molar-refractivity contribution is 8.26. The SMILES string of the molecule is CCC1CCCCN1C(=O)CCCN1C(=O)/C(=C/c2ccccc2Cl)SC1=S. The number of nitrogens with zero attached hydrogens (tertiary/aromatic N) is 2. The number of carbonyl (C=O) groups excluding carboxylic acids is 2. The highest BCUT2D eigenvalue weighted by Crippen LogP contribution is 2.34. The first-order valence-electron chi connectivity index (χ1n) is 9.80. The molecule has 3 rings (SSSR count). The number of thioether (sulfide) groups is 1. The maximum absolute atomic E-state index is 12.7. The fourth-order valence-electron chi connectivity index (χ4n) is 3.71. The van der Waals surface area contributed by atoms with Crippen LogP contribution in [0.4, 0.5) is 0 Å². The van der Waals surface area contributed by atoms with Gasteiger partial charge in [-0.1, -0.05) is 60.7 Å². The molecule has 1 aromatic carbocycles. The molecule has 0 spiro atoms. The summed E-state index contributed by atoms with van der Waals surface area (Å²) in [5, 5.41) is 0.602. The fourth-order valence-corrected chi connectivity index (χ4v) is 5.20. The van der Waals surface area contributed by atoms with Gasteiger partial charge < -0.3 is 4.90 Å². The summed E-state index contributed by atoms with van der Waals surface area (Å²) in [7, 11) is 0. The number of hydrogen-bond acceptors (Lipinski definition) is 4. The van der Waals surface area contributed by atoms with Crippen LogP contribution in [0.2, 0.25) is 5.02 Å². The zero-order valence-electron chi connectivity index (χ0n) is 16.0. The third kappa shape index (κ3) is 4.97. The first kappa shape index (κ1) is 21.3. The lowest BCUT2D eigenvalue weighted by Crippen LogP contribution is -2.43. The van der Waals surface area contributed by atoms with E-state index in [9.17, 15) is 9.59 Å². The molecule has 0 N–H and O–H groups in total. The number of hydrogen-bond donors (Lipinski definition) is 0. The van der Waals surface area contributed by atoms with Gasteiger partial charge in [0.1, 0.15) is 4.32 Å². The lowest BCUT2D eigenvalue weighted by atomic mass is 9.99. The van der Waals surface area contributed by atoms with Gasteiger partial charge in [0.25, 0.3) is 5.91 Å². The summed E-state index contributed by atoms with van der Waals surface area (Å²) in [6.07, 6.45) is 7.26. The molecule has 0 aliphatic carbocycles. The molecule has 2 amide bonds. The Balaban J connectivity index is 1.56. The third-order valence-corrected chi connectivity index (χ3v) is 6.98. The summed E-state index contributed by atoms with van der Waals surface area (Å²) in [4.78, 5) is 29.5. The van der Waals surface area contributed by atoms with Gasteiger partial charge in [-0.3, -0.25) is 14.5 Å². The molecule has 7 heteroatoms. The number of piperidine rings is 1. The molecule has 0 radical (unpaired) electrons. The van der Waals surface area contributed by atoms with Crippen molar-refractivity contribution in [1.29, 1.82) is 0 Å². The Hall–Kier alpha value is -1.37. The molecule has 2 saturated heterocycles. The van der Waals surface area contributed by atoms with Crippen LogP contribution >= 0.6 is 35.6 Å². The quantitative estimate of drug-likeness (QED) is 0.458. The average molecular weight is 437 g/mol. The number of likely N-dealkylation sites (tertiary alicyclic amines) is 1. The molecule has 0 aromatic heterocycles. The molecule has 28 heavy (non-hydrogen) atoms. The highest BCUT2D eigenvalue weighted by Gasteiger charge is 2.32. The van der Waals surface area contributed by atoms with Crippen LogP contribution < -0.4 is 0 Å². The monoisotopic (exact) mass is 436 g/mol. The van der Waals surface area contributed by atoms with Gasteiger partial charge in [-0.05, 0) is 49.8 Å². The van der Waals surface area contributed by atoms with E-state index in [2.05, 4.69) is 6.92 Å². The van der Waals surface area contributed by atoms with Crippen LogP contribution in [0, 0.1) is 0 Å². The second-order valence-electron chi connectivity index (χ2n) is 7.10. The minimum atomic E-state index is -0.105. The number of amides is 2. The van der Waals surface area contributed by atoms with Crippen LogP contribution in [0.5, 0.6) is 0 Å². The first-order chi connectivity index (χ1) is 13.5. The Morgan fingerprint density at radius 3 is 2.89 bits per heavy atom. The van der Waals surface area contributed by atoms with Gasteiger partial charge in [0, 0.05) is 30.6 Å². The van der Waals surface area contributed by atoms with Crippen LogP contribution in [0.15, 0.2) is 29.2 Å². The smallest absolute Gasteiger partial charge is 0.266 e. The van der Waals surface area contributed by atoms with Crippen LogP contribution in [0.3, 0.4) is 0 Å². The molecule has 1 aromatic rings. The summed E-state index contributed by atoms with van der Waals surface area (Å²) >= 11 is 12.9. The molecule has 0 saturated carbocycles. The van der Waals surface area contributed by atoms with E-state index in [0.29, 0.717) is 39.7 Å². The lowest BCUT2D eigenvalue weighted by molar-refractivity contribution is -0.135. The number of rotatable bonds is 6. The molecule has 150 valence electrons. The van der Waals surface area contributed by atoms with Crippen molar-refractivity contribution in [2.75, 3.05) is 13.1 Å². The van der Waals surface area contributed by atoms with Crippen molar-refractivity contribution in [3.8, 4) is 0 Å². The summed E-state index contributed by atoms with van der Waals surface area (Å²) in [5.74, 6) is 0.0929. The Kier molecular flexibility index (Phi) is 7.55. The van der Waals surface area contributed by atoms with Gasteiger partial charge in [0.15, 0.2) is 0 Å². The van der Waals surface area contributed by atoms with Gasteiger partial charge in [-0.25, -0.2) is 0 Å². The Bertz CT molecular complexity index is 796. The molecule has 2 aliphatic rings. The van der Waals surface area contributed by atoms with Crippen molar-refractivity contribution in [2.24, 2.45) is 0 Å². The van der Waals surface area contributed by atoms with Crippen molar-refractivity contribution in [2.45, 2.75) is 51.5 Å². The van der Waals surface area contributed by atoms with E-state index < -0.39 is 0 Å².